The number of hydrogen-bond donors (Lipinski definition) is 2. The molecule has 26 heavy (non-hydrogen) atoms. The highest BCUT2D eigenvalue weighted by atomic mass is 35.5. The average Bonchev–Trinajstić information content (AvgIpc) is 2.64. The van der Waals surface area contributed by atoms with Crippen LogP contribution < -0.4 is 25.3 Å². The number of ether oxygens (including phenoxy) is 3. The number of methoxy groups -OCH3 is 1. The number of carbonyl (C=O) groups is 2. The van der Waals surface area contributed by atoms with Gasteiger partial charge < -0.3 is 25.3 Å². The van der Waals surface area contributed by atoms with Gasteiger partial charge in [-0.2, -0.15) is 0 Å². The molecule has 3 N–H and O–H groups in total. The average molecular weight is 379 g/mol. The van der Waals surface area contributed by atoms with Crippen LogP contribution in [0.5, 0.6) is 17.2 Å². The van der Waals surface area contributed by atoms with E-state index in [0.717, 1.165) is 0 Å². The Morgan fingerprint density at radius 2 is 1.81 bits per heavy atom. The minimum Gasteiger partial charge on any atom is -0.493 e. The first kappa shape index (κ1) is 19.4. The van der Waals surface area contributed by atoms with Gasteiger partial charge in [-0.25, -0.2) is 0 Å². The molecule has 0 fully saturated rings. The molecule has 2 aromatic rings. The fourth-order valence-electron chi connectivity index (χ4n) is 2.04. The van der Waals surface area contributed by atoms with Crippen LogP contribution in [0, 0.1) is 0 Å². The maximum atomic E-state index is 12.2. The Morgan fingerprint density at radius 3 is 2.46 bits per heavy atom. The molecule has 7 nitrogen and oxygen atoms in total. The van der Waals surface area contributed by atoms with Crippen molar-refractivity contribution < 1.29 is 23.8 Å². The molecule has 8 heteroatoms. The van der Waals surface area contributed by atoms with E-state index in [1.807, 2.05) is 0 Å². The first-order valence-corrected chi connectivity index (χ1v) is 8.13. The van der Waals surface area contributed by atoms with Crippen LogP contribution in [0.25, 0.3) is 0 Å². The molecule has 0 aliphatic rings. The van der Waals surface area contributed by atoms with E-state index < -0.39 is 5.91 Å². The third kappa shape index (κ3) is 5.86. The summed E-state index contributed by atoms with van der Waals surface area (Å²) in [5.41, 5.74) is 5.43. The number of nitrogens with two attached hydrogens (primary N) is 1. The van der Waals surface area contributed by atoms with Crippen molar-refractivity contribution in [1.29, 1.82) is 0 Å². The first-order chi connectivity index (χ1) is 12.5. The van der Waals surface area contributed by atoms with Crippen LogP contribution in [-0.4, -0.2) is 38.7 Å². The molecule has 0 unspecified atom stereocenters. The highest BCUT2D eigenvalue weighted by molar-refractivity contribution is 6.30. The first-order valence-electron chi connectivity index (χ1n) is 7.75. The zero-order chi connectivity index (χ0) is 18.9. The summed E-state index contributed by atoms with van der Waals surface area (Å²) >= 11 is 5.80. The zero-order valence-corrected chi connectivity index (χ0v) is 14.9. The van der Waals surface area contributed by atoms with Gasteiger partial charge in [-0.15, -0.1) is 0 Å². The predicted molar refractivity (Wildman–Crippen MR) is 97.0 cm³/mol. The lowest BCUT2D eigenvalue weighted by molar-refractivity contribution is -0.119. The minimum atomic E-state index is -0.602. The van der Waals surface area contributed by atoms with Crippen LogP contribution in [0.15, 0.2) is 42.5 Å². The Bertz CT molecular complexity index is 765. The van der Waals surface area contributed by atoms with E-state index in [1.165, 1.54) is 13.2 Å². The Kier molecular flexibility index (Phi) is 7.11. The lowest BCUT2D eigenvalue weighted by atomic mass is 10.2. The van der Waals surface area contributed by atoms with Crippen LogP contribution in [0.1, 0.15) is 10.4 Å². The van der Waals surface area contributed by atoms with Crippen molar-refractivity contribution in [2.24, 2.45) is 5.73 Å². The molecule has 0 aromatic heterocycles. The molecule has 0 spiro atoms. The van der Waals surface area contributed by atoms with E-state index in [0.29, 0.717) is 41.0 Å². The number of nitrogens with one attached hydrogen (secondary N) is 1. The quantitative estimate of drug-likeness (QED) is 0.650. The van der Waals surface area contributed by atoms with Gasteiger partial charge in [0.1, 0.15) is 12.4 Å². The smallest absolute Gasteiger partial charge is 0.255 e. The molecule has 2 aromatic carbocycles. The summed E-state index contributed by atoms with van der Waals surface area (Å²) in [6, 6.07) is 11.6. The summed E-state index contributed by atoms with van der Waals surface area (Å²) in [6.07, 6.45) is 0. The molecule has 0 bridgehead atoms. The number of amides is 2. The molecular weight excluding hydrogens is 360 g/mol. The van der Waals surface area contributed by atoms with Gasteiger partial charge in [0.2, 0.25) is 0 Å². The van der Waals surface area contributed by atoms with Crippen molar-refractivity contribution in [3.8, 4) is 17.2 Å². The van der Waals surface area contributed by atoms with Crippen molar-refractivity contribution >= 4 is 23.4 Å². The summed E-state index contributed by atoms with van der Waals surface area (Å²) in [4.78, 5) is 23.0. The summed E-state index contributed by atoms with van der Waals surface area (Å²) < 4.78 is 15.9. The second-order valence-electron chi connectivity index (χ2n) is 5.18. The van der Waals surface area contributed by atoms with Gasteiger partial charge in [0, 0.05) is 10.6 Å². The summed E-state index contributed by atoms with van der Waals surface area (Å²) in [7, 11) is 1.44. The zero-order valence-electron chi connectivity index (χ0n) is 14.2. The maximum Gasteiger partial charge on any atom is 0.255 e. The molecule has 138 valence electrons. The van der Waals surface area contributed by atoms with Crippen LogP contribution in [-0.2, 0) is 4.79 Å². The Labute approximate surface area is 156 Å². The lowest BCUT2D eigenvalue weighted by Gasteiger charge is -2.12. The molecule has 0 aliphatic carbocycles. The van der Waals surface area contributed by atoms with E-state index in [4.69, 9.17) is 31.5 Å². The molecule has 0 saturated heterocycles. The van der Waals surface area contributed by atoms with Crippen LogP contribution >= 0.6 is 11.6 Å². The van der Waals surface area contributed by atoms with Gasteiger partial charge in [-0.05, 0) is 42.5 Å². The largest absolute Gasteiger partial charge is 0.493 e. The van der Waals surface area contributed by atoms with Crippen molar-refractivity contribution in [1.82, 2.24) is 5.32 Å². The van der Waals surface area contributed by atoms with Crippen molar-refractivity contribution in [2.75, 3.05) is 26.9 Å². The monoisotopic (exact) mass is 378 g/mol. The van der Waals surface area contributed by atoms with Gasteiger partial charge in [0.05, 0.1) is 13.7 Å². The van der Waals surface area contributed by atoms with Crippen LogP contribution in [0.2, 0.25) is 5.02 Å². The van der Waals surface area contributed by atoms with E-state index in [2.05, 4.69) is 5.32 Å². The molecule has 0 atom stereocenters. The second-order valence-corrected chi connectivity index (χ2v) is 5.62. The molecule has 0 aliphatic heterocycles. The van der Waals surface area contributed by atoms with Gasteiger partial charge in [0.15, 0.2) is 18.1 Å². The summed E-state index contributed by atoms with van der Waals surface area (Å²) in [5, 5.41) is 3.37. The summed E-state index contributed by atoms with van der Waals surface area (Å²) in [6.45, 7) is 0.359. The number of hydrogen-bond acceptors (Lipinski definition) is 5. The fraction of sp³-hybridized carbons (Fsp3) is 0.222. The normalized spacial score (nSPS) is 10.1. The number of carbonyl (C=O) groups excluding carboxylic acids is 2. The fourth-order valence-corrected chi connectivity index (χ4v) is 2.17. The Balaban J connectivity index is 1.86. The third-order valence-electron chi connectivity index (χ3n) is 3.27. The van der Waals surface area contributed by atoms with Crippen LogP contribution in [0.3, 0.4) is 0 Å². The van der Waals surface area contributed by atoms with E-state index in [1.54, 1.807) is 36.4 Å². The van der Waals surface area contributed by atoms with Crippen molar-refractivity contribution in [3.05, 3.63) is 53.1 Å². The van der Waals surface area contributed by atoms with E-state index in [-0.39, 0.29) is 12.5 Å². The highest BCUT2D eigenvalue weighted by Gasteiger charge is 2.11. The number of halogens is 1. The maximum absolute atomic E-state index is 12.2. The van der Waals surface area contributed by atoms with E-state index >= 15 is 0 Å². The lowest BCUT2D eigenvalue weighted by Crippen LogP contribution is -2.28. The van der Waals surface area contributed by atoms with Gasteiger partial charge >= 0.3 is 0 Å². The van der Waals surface area contributed by atoms with E-state index in [9.17, 15) is 9.59 Å². The third-order valence-corrected chi connectivity index (χ3v) is 3.52. The van der Waals surface area contributed by atoms with Gasteiger partial charge in [0.25, 0.3) is 11.8 Å². The molecule has 2 amide bonds. The number of primary amides is 1. The molecule has 2 rings (SSSR count). The van der Waals surface area contributed by atoms with Crippen LogP contribution in [0.4, 0.5) is 0 Å². The van der Waals surface area contributed by atoms with Gasteiger partial charge in [-0.3, -0.25) is 9.59 Å². The predicted octanol–water partition coefficient (Wildman–Crippen LogP) is 2.02. The summed E-state index contributed by atoms with van der Waals surface area (Å²) in [5.74, 6) is 0.436. The molecule has 0 heterocycles. The van der Waals surface area contributed by atoms with Gasteiger partial charge in [-0.1, -0.05) is 11.6 Å². The molecule has 0 radical (unpaired) electrons. The highest BCUT2D eigenvalue weighted by Crippen LogP contribution is 2.28. The number of rotatable bonds is 9. The topological polar surface area (TPSA) is 99.9 Å². The molecular formula is C18H19ClN2O5. The van der Waals surface area contributed by atoms with Crippen molar-refractivity contribution in [2.45, 2.75) is 0 Å². The minimum absolute atomic E-state index is 0.274. The Morgan fingerprint density at radius 1 is 1.08 bits per heavy atom. The standard InChI is InChI=1S/C18H19ClN2O5/c1-24-16-10-12(2-7-15(16)26-11-17(20)22)18(23)21-8-9-25-14-5-3-13(19)4-6-14/h2-7,10H,8-9,11H2,1H3,(H2,20,22)(H,21,23). The number of benzene rings is 2. The Hall–Kier alpha value is -2.93. The SMILES string of the molecule is COc1cc(C(=O)NCCOc2ccc(Cl)cc2)ccc1OCC(N)=O. The van der Waals surface area contributed by atoms with Crippen molar-refractivity contribution in [3.63, 3.8) is 0 Å². The molecule has 0 saturated carbocycles. The second kappa shape index (κ2) is 9.53.